The van der Waals surface area contributed by atoms with E-state index < -0.39 is 18.0 Å². The Labute approximate surface area is 175 Å². The summed E-state index contributed by atoms with van der Waals surface area (Å²) in [6.07, 6.45) is -0.358. The van der Waals surface area contributed by atoms with E-state index in [1.807, 2.05) is 32.0 Å². The fraction of sp³-hybridized carbons (Fsp3) is 0.364. The number of hydrogen-bond donors (Lipinski definition) is 3. The summed E-state index contributed by atoms with van der Waals surface area (Å²) in [5, 5.41) is 22.6. The molecule has 162 valence electrons. The number of rotatable bonds is 9. The second-order valence-electron chi connectivity index (χ2n) is 7.38. The monoisotopic (exact) mass is 417 g/mol. The van der Waals surface area contributed by atoms with Gasteiger partial charge < -0.3 is 29.7 Å². The molecular formula is C22H27NO7. The first-order chi connectivity index (χ1) is 14.2. The van der Waals surface area contributed by atoms with E-state index >= 15 is 0 Å². The highest BCUT2D eigenvalue weighted by atomic mass is 16.6. The number of carbonyl (C=O) groups excluding carboxylic acids is 1. The first kappa shape index (κ1) is 23.2. The van der Waals surface area contributed by atoms with Crippen molar-refractivity contribution in [2.45, 2.75) is 31.9 Å². The highest BCUT2D eigenvalue weighted by molar-refractivity contribution is 6.29. The Morgan fingerprint density at radius 1 is 1.03 bits per heavy atom. The molecule has 30 heavy (non-hydrogen) atoms. The molecule has 1 unspecified atom stereocenters. The molecule has 0 bridgehead atoms. The van der Waals surface area contributed by atoms with E-state index in [1.165, 1.54) is 6.07 Å². The molecule has 0 amide bonds. The summed E-state index contributed by atoms with van der Waals surface area (Å²) in [4.78, 5) is 22.1. The smallest absolute Gasteiger partial charge is 0.422 e. The average molecular weight is 417 g/mol. The number of aliphatic carboxylic acids is 1. The van der Waals surface area contributed by atoms with Gasteiger partial charge in [-0.15, -0.1) is 0 Å². The number of aliphatic hydroxyl groups is 1. The van der Waals surface area contributed by atoms with E-state index in [4.69, 9.17) is 19.3 Å². The summed E-state index contributed by atoms with van der Waals surface area (Å²) in [7, 11) is 3.16. The molecule has 0 radical (unpaired) electrons. The van der Waals surface area contributed by atoms with Gasteiger partial charge >= 0.3 is 11.9 Å². The van der Waals surface area contributed by atoms with Gasteiger partial charge in [0.15, 0.2) is 11.5 Å². The lowest BCUT2D eigenvalue weighted by atomic mass is 9.94. The van der Waals surface area contributed by atoms with E-state index in [-0.39, 0.29) is 17.8 Å². The summed E-state index contributed by atoms with van der Waals surface area (Å²) >= 11 is 0. The van der Waals surface area contributed by atoms with E-state index in [0.717, 1.165) is 5.56 Å². The lowest BCUT2D eigenvalue weighted by Gasteiger charge is -2.28. The van der Waals surface area contributed by atoms with Crippen molar-refractivity contribution in [1.82, 2.24) is 5.32 Å². The minimum Gasteiger partial charge on any atom is -0.493 e. The number of benzene rings is 2. The lowest BCUT2D eigenvalue weighted by molar-refractivity contribution is -0.158. The summed E-state index contributed by atoms with van der Waals surface area (Å²) in [5.74, 6) is -1.81. The van der Waals surface area contributed by atoms with Crippen molar-refractivity contribution in [2.75, 3.05) is 20.8 Å². The van der Waals surface area contributed by atoms with Crippen LogP contribution in [-0.4, -0.2) is 48.5 Å². The van der Waals surface area contributed by atoms with Gasteiger partial charge in [0, 0.05) is 17.6 Å². The molecule has 0 aromatic heterocycles. The Balaban J connectivity index is 2.06. The number of ether oxygens (including phenoxy) is 3. The van der Waals surface area contributed by atoms with Gasteiger partial charge in [0.25, 0.3) is 0 Å². The molecule has 0 aliphatic heterocycles. The number of carboxylic acids is 1. The van der Waals surface area contributed by atoms with Crippen molar-refractivity contribution in [3.8, 4) is 17.2 Å². The van der Waals surface area contributed by atoms with Crippen LogP contribution in [0.15, 0.2) is 42.5 Å². The maximum atomic E-state index is 11.4. The number of aliphatic hydroxyl groups excluding tert-OH is 1. The lowest BCUT2D eigenvalue weighted by Crippen LogP contribution is -2.43. The van der Waals surface area contributed by atoms with Crippen molar-refractivity contribution in [1.29, 1.82) is 0 Å². The Kier molecular flexibility index (Phi) is 7.79. The molecule has 0 heterocycles. The third kappa shape index (κ3) is 6.20. The first-order valence-electron chi connectivity index (χ1n) is 9.35. The van der Waals surface area contributed by atoms with E-state index in [9.17, 15) is 14.7 Å². The summed E-state index contributed by atoms with van der Waals surface area (Å²) < 4.78 is 15.4. The predicted molar refractivity (Wildman–Crippen MR) is 110 cm³/mol. The molecule has 1 atom stereocenters. The van der Waals surface area contributed by atoms with Gasteiger partial charge in [-0.2, -0.15) is 0 Å². The minimum atomic E-state index is -1.70. The van der Waals surface area contributed by atoms with Crippen molar-refractivity contribution in [3.63, 3.8) is 0 Å². The van der Waals surface area contributed by atoms with Crippen LogP contribution in [-0.2, 0) is 16.0 Å². The molecule has 8 heteroatoms. The Morgan fingerprint density at radius 2 is 1.70 bits per heavy atom. The van der Waals surface area contributed by atoms with Crippen molar-refractivity contribution >= 4 is 11.9 Å². The normalized spacial score (nSPS) is 12.2. The number of hydrogen-bond acceptors (Lipinski definition) is 7. The molecule has 0 aliphatic carbocycles. The molecule has 0 fully saturated rings. The largest absolute Gasteiger partial charge is 0.493 e. The number of β-amino-alcohol motifs (C(OH)–C–C–N with tert-alkyl or cyclic N) is 1. The van der Waals surface area contributed by atoms with E-state index in [2.05, 4.69) is 5.32 Å². The van der Waals surface area contributed by atoms with Gasteiger partial charge in [-0.25, -0.2) is 9.59 Å². The van der Waals surface area contributed by atoms with Gasteiger partial charge in [0.2, 0.25) is 0 Å². The van der Waals surface area contributed by atoms with Crippen molar-refractivity contribution in [3.05, 3.63) is 53.6 Å². The van der Waals surface area contributed by atoms with Gasteiger partial charge in [-0.3, -0.25) is 0 Å². The van der Waals surface area contributed by atoms with Crippen LogP contribution in [0, 0.1) is 0 Å². The van der Waals surface area contributed by atoms with E-state index in [0.29, 0.717) is 23.5 Å². The quantitative estimate of drug-likeness (QED) is 0.324. The van der Waals surface area contributed by atoms with Crippen LogP contribution < -0.4 is 19.5 Å². The zero-order valence-electron chi connectivity index (χ0n) is 17.5. The van der Waals surface area contributed by atoms with Crippen LogP contribution in [0.2, 0.25) is 0 Å². The molecule has 2 aromatic rings. The fourth-order valence-corrected chi connectivity index (χ4v) is 3.04. The molecule has 8 nitrogen and oxygen atoms in total. The number of carbonyl (C=O) groups is 2. The van der Waals surface area contributed by atoms with Crippen LogP contribution >= 0.6 is 0 Å². The molecule has 0 spiro atoms. The third-order valence-corrected chi connectivity index (χ3v) is 4.52. The van der Waals surface area contributed by atoms with Crippen LogP contribution in [0.1, 0.15) is 31.1 Å². The maximum absolute atomic E-state index is 11.4. The fourth-order valence-electron chi connectivity index (χ4n) is 3.04. The second kappa shape index (κ2) is 10.1. The van der Waals surface area contributed by atoms with Crippen LogP contribution in [0.3, 0.4) is 0 Å². The SMILES string of the molecule is COc1ccc(CC(C)(C)NCC(O)c2ccccc2OC(=O)C(=O)O)cc1OC. The Hall–Kier alpha value is -3.10. The van der Waals surface area contributed by atoms with Crippen LogP contribution in [0.5, 0.6) is 17.2 Å². The summed E-state index contributed by atoms with van der Waals surface area (Å²) in [5.41, 5.74) is 0.963. The number of methoxy groups -OCH3 is 2. The van der Waals surface area contributed by atoms with Crippen molar-refractivity contribution in [2.24, 2.45) is 0 Å². The van der Waals surface area contributed by atoms with Crippen molar-refractivity contribution < 1.29 is 34.0 Å². The number of esters is 1. The zero-order chi connectivity index (χ0) is 22.3. The highest BCUT2D eigenvalue weighted by Crippen LogP contribution is 2.29. The Morgan fingerprint density at radius 3 is 2.33 bits per heavy atom. The third-order valence-electron chi connectivity index (χ3n) is 4.52. The van der Waals surface area contributed by atoms with Gasteiger partial charge in [0.05, 0.1) is 20.3 Å². The first-order valence-corrected chi connectivity index (χ1v) is 9.35. The zero-order valence-corrected chi connectivity index (χ0v) is 17.5. The maximum Gasteiger partial charge on any atom is 0.422 e. The second-order valence-corrected chi connectivity index (χ2v) is 7.38. The summed E-state index contributed by atoms with van der Waals surface area (Å²) in [6.45, 7) is 4.15. The molecule has 2 rings (SSSR count). The number of para-hydroxylation sites is 1. The number of carboxylic acid groups (broad SMARTS) is 1. The highest BCUT2D eigenvalue weighted by Gasteiger charge is 2.23. The van der Waals surface area contributed by atoms with E-state index in [1.54, 1.807) is 32.4 Å². The molecule has 2 aromatic carbocycles. The molecular weight excluding hydrogens is 390 g/mol. The average Bonchev–Trinajstić information content (AvgIpc) is 2.72. The standard InChI is InChI=1S/C22H27NO7/c1-22(2,12-14-9-10-18(28-3)19(11-14)29-4)23-13-16(24)15-7-5-6-8-17(15)30-21(27)20(25)26/h5-11,16,23-24H,12-13H2,1-4H3,(H,25,26). The Bertz CT molecular complexity index is 895. The molecule has 3 N–H and O–H groups in total. The predicted octanol–water partition coefficient (Wildman–Crippen LogP) is 2.34. The van der Waals surface area contributed by atoms with Gasteiger partial charge in [0.1, 0.15) is 5.75 Å². The molecule has 0 saturated heterocycles. The molecule has 0 saturated carbocycles. The van der Waals surface area contributed by atoms with Gasteiger partial charge in [-0.05, 0) is 44.0 Å². The summed E-state index contributed by atoms with van der Waals surface area (Å²) in [6, 6.07) is 12.0. The van der Waals surface area contributed by atoms with Crippen LogP contribution in [0.25, 0.3) is 0 Å². The topological polar surface area (TPSA) is 114 Å². The number of nitrogens with one attached hydrogen (secondary N) is 1. The van der Waals surface area contributed by atoms with Gasteiger partial charge in [-0.1, -0.05) is 24.3 Å². The van der Waals surface area contributed by atoms with Crippen LogP contribution in [0.4, 0.5) is 0 Å². The minimum absolute atomic E-state index is 0.0110. The molecule has 0 aliphatic rings.